The van der Waals surface area contributed by atoms with Crippen LogP contribution in [-0.4, -0.2) is 43.4 Å². The molecule has 4 aromatic heterocycles. The highest BCUT2D eigenvalue weighted by atomic mass is 19.4. The quantitative estimate of drug-likeness (QED) is 0.371. The van der Waals surface area contributed by atoms with Crippen molar-refractivity contribution < 1.29 is 22.7 Å². The lowest BCUT2D eigenvalue weighted by Gasteiger charge is -2.11. The zero-order chi connectivity index (χ0) is 25.7. The zero-order valence-corrected chi connectivity index (χ0v) is 19.1. The van der Waals surface area contributed by atoms with Crippen LogP contribution >= 0.6 is 0 Å². The van der Waals surface area contributed by atoms with Gasteiger partial charge in [-0.25, -0.2) is 9.67 Å². The number of alkyl halides is 3. The van der Waals surface area contributed by atoms with Crippen molar-refractivity contribution in [3.63, 3.8) is 0 Å². The Morgan fingerprint density at radius 2 is 1.97 bits per heavy atom. The van der Waals surface area contributed by atoms with E-state index in [0.717, 1.165) is 16.9 Å². The van der Waals surface area contributed by atoms with Crippen LogP contribution in [0.3, 0.4) is 0 Å². The van der Waals surface area contributed by atoms with Gasteiger partial charge in [0.05, 0.1) is 24.2 Å². The molecule has 0 atom stereocenters. The molecular weight excluding hydrogens is 477 g/mol. The van der Waals surface area contributed by atoms with Crippen LogP contribution in [0.1, 0.15) is 23.0 Å². The summed E-state index contributed by atoms with van der Waals surface area (Å²) >= 11 is 0. The number of carbonyl (C=O) groups is 1. The molecule has 36 heavy (non-hydrogen) atoms. The molecule has 1 amide bonds. The number of nitrogens with zero attached hydrogens (tertiary/aromatic N) is 5. The van der Waals surface area contributed by atoms with Crippen molar-refractivity contribution in [1.29, 1.82) is 0 Å². The van der Waals surface area contributed by atoms with Crippen LogP contribution in [0.4, 0.5) is 19.0 Å². The van der Waals surface area contributed by atoms with Crippen LogP contribution in [0, 0.1) is 0 Å². The number of anilines is 1. The van der Waals surface area contributed by atoms with E-state index in [9.17, 15) is 22.8 Å². The summed E-state index contributed by atoms with van der Waals surface area (Å²) < 4.78 is 48.4. The van der Waals surface area contributed by atoms with Crippen LogP contribution < -0.4 is 10.9 Å². The second kappa shape index (κ2) is 10.5. The first-order valence-electron chi connectivity index (χ1n) is 10.9. The maximum absolute atomic E-state index is 13.7. The zero-order valence-electron chi connectivity index (χ0n) is 19.1. The summed E-state index contributed by atoms with van der Waals surface area (Å²) in [5, 5.41) is 6.61. The Morgan fingerprint density at radius 3 is 2.61 bits per heavy atom. The number of pyridine rings is 3. The fourth-order valence-electron chi connectivity index (χ4n) is 3.35. The van der Waals surface area contributed by atoms with Crippen LogP contribution in [0.2, 0.25) is 0 Å². The summed E-state index contributed by atoms with van der Waals surface area (Å²) in [5.74, 6) is -0.490. The third kappa shape index (κ3) is 5.66. The van der Waals surface area contributed by atoms with Gasteiger partial charge in [0.1, 0.15) is 11.5 Å². The number of halogens is 3. The summed E-state index contributed by atoms with van der Waals surface area (Å²) in [6, 6.07) is 9.51. The van der Waals surface area contributed by atoms with Crippen molar-refractivity contribution in [3.05, 3.63) is 88.9 Å². The lowest BCUT2D eigenvalue weighted by atomic mass is 10.2. The van der Waals surface area contributed by atoms with Gasteiger partial charge in [0, 0.05) is 48.9 Å². The van der Waals surface area contributed by atoms with Crippen LogP contribution in [0.15, 0.2) is 72.0 Å². The predicted molar refractivity (Wildman–Crippen MR) is 125 cm³/mol. The van der Waals surface area contributed by atoms with E-state index in [0.29, 0.717) is 25.3 Å². The first-order valence-corrected chi connectivity index (χ1v) is 10.9. The van der Waals surface area contributed by atoms with Gasteiger partial charge in [0.25, 0.3) is 11.5 Å². The van der Waals surface area contributed by atoms with Crippen molar-refractivity contribution in [2.24, 2.45) is 0 Å². The Hall–Kier alpha value is -4.32. The highest BCUT2D eigenvalue weighted by Crippen LogP contribution is 2.33. The second-order valence-corrected chi connectivity index (χ2v) is 7.57. The van der Waals surface area contributed by atoms with E-state index in [2.05, 4.69) is 20.4 Å². The maximum atomic E-state index is 13.7. The molecule has 0 aromatic carbocycles. The van der Waals surface area contributed by atoms with E-state index in [-0.39, 0.29) is 28.3 Å². The number of hydrogen-bond acceptors (Lipinski definition) is 6. The van der Waals surface area contributed by atoms with Crippen molar-refractivity contribution in [3.8, 4) is 16.9 Å². The van der Waals surface area contributed by atoms with Crippen LogP contribution in [-0.2, 0) is 17.5 Å². The van der Waals surface area contributed by atoms with Crippen molar-refractivity contribution in [2.75, 3.05) is 18.5 Å². The maximum Gasteiger partial charge on any atom is 0.433 e. The van der Waals surface area contributed by atoms with Gasteiger partial charge in [-0.05, 0) is 43.3 Å². The van der Waals surface area contributed by atoms with Crippen LogP contribution in [0.25, 0.3) is 16.9 Å². The van der Waals surface area contributed by atoms with Crippen LogP contribution in [0.5, 0.6) is 0 Å². The van der Waals surface area contributed by atoms with Gasteiger partial charge in [0.2, 0.25) is 0 Å². The highest BCUT2D eigenvalue weighted by molar-refractivity contribution is 6.03. The molecule has 9 nitrogen and oxygen atoms in total. The molecule has 4 heterocycles. The lowest BCUT2D eigenvalue weighted by Crippen LogP contribution is -2.24. The molecular formula is C24H21F3N6O3. The van der Waals surface area contributed by atoms with Gasteiger partial charge in [-0.3, -0.25) is 14.6 Å². The SMILES string of the molecule is CCOCCn1ccc(C(=O)Nc2ccc(-n3nc(-c4cccnc4)cc3C(F)(F)F)cn2)cc1=O. The molecule has 0 spiro atoms. The minimum Gasteiger partial charge on any atom is -0.380 e. The number of carbonyl (C=O) groups excluding carboxylic acids is 1. The molecule has 4 aromatic rings. The van der Waals surface area contributed by atoms with E-state index in [1.165, 1.54) is 47.4 Å². The van der Waals surface area contributed by atoms with Gasteiger partial charge < -0.3 is 14.6 Å². The average Bonchev–Trinajstić information content (AvgIpc) is 3.32. The number of rotatable bonds is 8. The number of hydrogen-bond donors (Lipinski definition) is 1. The molecule has 0 fully saturated rings. The van der Waals surface area contributed by atoms with Gasteiger partial charge in [0.15, 0.2) is 0 Å². The molecule has 0 saturated carbocycles. The summed E-state index contributed by atoms with van der Waals surface area (Å²) in [5.41, 5.74) is -0.654. The largest absolute Gasteiger partial charge is 0.433 e. The van der Waals surface area contributed by atoms with Gasteiger partial charge in [-0.1, -0.05) is 0 Å². The second-order valence-electron chi connectivity index (χ2n) is 7.57. The highest BCUT2D eigenvalue weighted by Gasteiger charge is 2.36. The van der Waals surface area contributed by atoms with E-state index < -0.39 is 17.8 Å². The Labute approximate surface area is 203 Å². The lowest BCUT2D eigenvalue weighted by molar-refractivity contribution is -0.142. The smallest absolute Gasteiger partial charge is 0.380 e. The fourth-order valence-corrected chi connectivity index (χ4v) is 3.35. The molecule has 4 rings (SSSR count). The standard InChI is InChI=1S/C24H21F3N6O3/c1-2-36-11-10-32-9-7-16(12-22(32)34)23(35)30-21-6-5-18(15-29-21)33-20(24(25,26)27)13-19(31-33)17-4-3-8-28-14-17/h3-9,12-15H,2,10-11H2,1H3,(H,29,30,35). The van der Waals surface area contributed by atoms with E-state index >= 15 is 0 Å². The first kappa shape index (κ1) is 24.8. The van der Waals surface area contributed by atoms with Crippen molar-refractivity contribution in [2.45, 2.75) is 19.6 Å². The third-order valence-electron chi connectivity index (χ3n) is 5.13. The normalized spacial score (nSPS) is 11.4. The summed E-state index contributed by atoms with van der Waals surface area (Å²) in [7, 11) is 0. The van der Waals surface area contributed by atoms with Crippen molar-refractivity contribution in [1.82, 2.24) is 24.3 Å². The Morgan fingerprint density at radius 1 is 1.14 bits per heavy atom. The first-order chi connectivity index (χ1) is 17.3. The fraction of sp³-hybridized carbons (Fsp3) is 0.208. The minimum absolute atomic E-state index is 0.0485. The number of amides is 1. The predicted octanol–water partition coefficient (Wildman–Crippen LogP) is 3.80. The van der Waals surface area contributed by atoms with E-state index in [1.54, 1.807) is 12.1 Å². The molecule has 12 heteroatoms. The molecule has 0 radical (unpaired) electrons. The van der Waals surface area contributed by atoms with Crippen molar-refractivity contribution >= 4 is 11.7 Å². The molecule has 0 unspecified atom stereocenters. The molecule has 0 aliphatic carbocycles. The molecule has 0 saturated heterocycles. The molecule has 0 aliphatic heterocycles. The number of ether oxygens (including phenoxy) is 1. The Kier molecular flexibility index (Phi) is 7.25. The topological polar surface area (TPSA) is 104 Å². The molecule has 0 bridgehead atoms. The summed E-state index contributed by atoms with van der Waals surface area (Å²) in [4.78, 5) is 32.7. The van der Waals surface area contributed by atoms with Gasteiger partial charge in [-0.15, -0.1) is 0 Å². The summed E-state index contributed by atoms with van der Waals surface area (Å²) in [6.07, 6.45) is 0.916. The summed E-state index contributed by atoms with van der Waals surface area (Å²) in [6.45, 7) is 3.10. The van der Waals surface area contributed by atoms with Gasteiger partial charge >= 0.3 is 6.18 Å². The van der Waals surface area contributed by atoms with E-state index in [4.69, 9.17) is 4.74 Å². The molecule has 186 valence electrons. The van der Waals surface area contributed by atoms with Gasteiger partial charge in [-0.2, -0.15) is 18.3 Å². The number of aromatic nitrogens is 5. The number of nitrogens with one attached hydrogen (secondary N) is 1. The van der Waals surface area contributed by atoms with E-state index in [1.807, 2.05) is 6.92 Å². The minimum atomic E-state index is -4.66. The third-order valence-corrected chi connectivity index (χ3v) is 5.13. The average molecular weight is 498 g/mol. The Bertz CT molecular complexity index is 1400. The Balaban J connectivity index is 1.52. The molecule has 0 aliphatic rings. The molecule has 1 N–H and O–H groups in total. The monoisotopic (exact) mass is 498 g/mol.